The third kappa shape index (κ3) is 3.28. The Bertz CT molecular complexity index is 814. The molecule has 0 amide bonds. The number of nitrogens with one attached hydrogen (secondary N) is 1. The summed E-state index contributed by atoms with van der Waals surface area (Å²) in [5.74, 6) is 1.75. The zero-order chi connectivity index (χ0) is 16.5. The van der Waals surface area contributed by atoms with E-state index in [0.717, 1.165) is 24.0 Å². The van der Waals surface area contributed by atoms with Crippen LogP contribution in [-0.2, 0) is 6.54 Å². The summed E-state index contributed by atoms with van der Waals surface area (Å²) in [4.78, 5) is 9.02. The molecule has 1 saturated carbocycles. The Morgan fingerprint density at radius 1 is 1.29 bits per heavy atom. The van der Waals surface area contributed by atoms with E-state index in [4.69, 9.17) is 4.98 Å². The summed E-state index contributed by atoms with van der Waals surface area (Å²) >= 11 is 1.77. The lowest BCUT2D eigenvalue weighted by Gasteiger charge is -2.14. The SMILES string of the molecule is Cc1nccn1-c1ccc([C@@H](C)NCc2nc(C3CC3)cs2)cc1. The fraction of sp³-hybridized carbons (Fsp3) is 0.368. The van der Waals surface area contributed by atoms with Gasteiger partial charge >= 0.3 is 0 Å². The minimum absolute atomic E-state index is 0.302. The van der Waals surface area contributed by atoms with Crippen LogP contribution < -0.4 is 5.32 Å². The molecular formula is C19H22N4S. The van der Waals surface area contributed by atoms with E-state index >= 15 is 0 Å². The van der Waals surface area contributed by atoms with Crippen molar-refractivity contribution in [1.82, 2.24) is 19.9 Å². The minimum Gasteiger partial charge on any atom is -0.304 e. The second kappa shape index (κ2) is 6.49. The van der Waals surface area contributed by atoms with Crippen LogP contribution in [-0.4, -0.2) is 14.5 Å². The van der Waals surface area contributed by atoms with Crippen LogP contribution in [0.15, 0.2) is 42.0 Å². The lowest BCUT2D eigenvalue weighted by molar-refractivity contribution is 0.572. The average Bonchev–Trinajstić information content (AvgIpc) is 3.19. The molecule has 2 heterocycles. The molecule has 3 aromatic rings. The predicted octanol–water partition coefficient (Wildman–Crippen LogP) is 4.37. The van der Waals surface area contributed by atoms with E-state index in [1.807, 2.05) is 19.3 Å². The fourth-order valence-corrected chi connectivity index (χ4v) is 3.73. The van der Waals surface area contributed by atoms with Gasteiger partial charge < -0.3 is 9.88 Å². The number of thiazole rings is 1. The van der Waals surface area contributed by atoms with Gasteiger partial charge in [-0.25, -0.2) is 9.97 Å². The Labute approximate surface area is 146 Å². The summed E-state index contributed by atoms with van der Waals surface area (Å²) < 4.78 is 2.09. The quantitative estimate of drug-likeness (QED) is 0.726. The zero-order valence-corrected chi connectivity index (χ0v) is 14.9. The molecule has 0 radical (unpaired) electrons. The van der Waals surface area contributed by atoms with Crippen molar-refractivity contribution in [2.75, 3.05) is 0 Å². The van der Waals surface area contributed by atoms with Gasteiger partial charge in [-0.2, -0.15) is 0 Å². The van der Waals surface area contributed by atoms with Crippen molar-refractivity contribution in [3.8, 4) is 5.69 Å². The van der Waals surface area contributed by atoms with E-state index in [0.29, 0.717) is 6.04 Å². The lowest BCUT2D eigenvalue weighted by Crippen LogP contribution is -2.18. The molecule has 1 atom stereocenters. The number of imidazole rings is 1. The van der Waals surface area contributed by atoms with Crippen molar-refractivity contribution < 1.29 is 0 Å². The van der Waals surface area contributed by atoms with E-state index in [2.05, 4.69) is 51.4 Å². The summed E-state index contributed by atoms with van der Waals surface area (Å²) in [6.07, 6.45) is 6.45. The minimum atomic E-state index is 0.302. The van der Waals surface area contributed by atoms with Crippen molar-refractivity contribution in [3.63, 3.8) is 0 Å². The summed E-state index contributed by atoms with van der Waals surface area (Å²) in [5.41, 5.74) is 3.73. The van der Waals surface area contributed by atoms with Gasteiger partial charge in [0.2, 0.25) is 0 Å². The number of aryl methyl sites for hydroxylation is 1. The normalized spacial score (nSPS) is 15.6. The van der Waals surface area contributed by atoms with Crippen molar-refractivity contribution in [3.05, 3.63) is 64.1 Å². The number of hydrogen-bond donors (Lipinski definition) is 1. The van der Waals surface area contributed by atoms with Crippen LogP contribution in [0.4, 0.5) is 0 Å². The van der Waals surface area contributed by atoms with E-state index in [-0.39, 0.29) is 0 Å². The summed E-state index contributed by atoms with van der Waals surface area (Å²) in [6, 6.07) is 8.97. The van der Waals surface area contributed by atoms with Crippen LogP contribution in [0.1, 0.15) is 53.8 Å². The number of nitrogens with zero attached hydrogens (tertiary/aromatic N) is 3. The first-order valence-electron chi connectivity index (χ1n) is 8.48. The first kappa shape index (κ1) is 15.5. The highest BCUT2D eigenvalue weighted by atomic mass is 32.1. The molecule has 1 aliphatic carbocycles. The second-order valence-corrected chi connectivity index (χ2v) is 7.42. The third-order valence-electron chi connectivity index (χ3n) is 4.62. The summed E-state index contributed by atoms with van der Waals surface area (Å²) in [5, 5.41) is 7.00. The Kier molecular flexibility index (Phi) is 4.21. The number of rotatable bonds is 6. The first-order valence-corrected chi connectivity index (χ1v) is 9.36. The molecule has 1 fully saturated rings. The Balaban J connectivity index is 1.38. The third-order valence-corrected chi connectivity index (χ3v) is 5.49. The number of benzene rings is 1. The van der Waals surface area contributed by atoms with Gasteiger partial charge in [0.15, 0.2) is 0 Å². The van der Waals surface area contributed by atoms with Gasteiger partial charge in [0.1, 0.15) is 10.8 Å². The van der Waals surface area contributed by atoms with E-state index in [1.165, 1.54) is 29.1 Å². The largest absolute Gasteiger partial charge is 0.304 e. The van der Waals surface area contributed by atoms with Crippen LogP contribution in [0, 0.1) is 6.92 Å². The molecule has 1 aromatic carbocycles. The standard InChI is InChI=1S/C19H22N4S/c1-13(21-11-19-22-18(12-24-19)16-3-4-16)15-5-7-17(8-6-15)23-10-9-20-14(23)2/h5-10,12-13,16,21H,3-4,11H2,1-2H3/t13-/m1/s1. The van der Waals surface area contributed by atoms with E-state index in [9.17, 15) is 0 Å². The molecular weight excluding hydrogens is 316 g/mol. The number of aromatic nitrogens is 3. The highest BCUT2D eigenvalue weighted by Crippen LogP contribution is 2.40. The molecule has 4 nitrogen and oxygen atoms in total. The van der Waals surface area contributed by atoms with Crippen molar-refractivity contribution in [2.24, 2.45) is 0 Å². The second-order valence-electron chi connectivity index (χ2n) is 6.48. The maximum Gasteiger partial charge on any atom is 0.110 e. The van der Waals surface area contributed by atoms with Crippen LogP contribution >= 0.6 is 11.3 Å². The van der Waals surface area contributed by atoms with Gasteiger partial charge in [0.25, 0.3) is 0 Å². The van der Waals surface area contributed by atoms with Crippen LogP contribution in [0.25, 0.3) is 5.69 Å². The zero-order valence-electron chi connectivity index (χ0n) is 14.1. The Morgan fingerprint density at radius 3 is 2.75 bits per heavy atom. The van der Waals surface area contributed by atoms with Crippen LogP contribution in [0.3, 0.4) is 0 Å². The molecule has 0 aliphatic heterocycles. The molecule has 1 N–H and O–H groups in total. The monoisotopic (exact) mass is 338 g/mol. The van der Waals surface area contributed by atoms with Crippen molar-refractivity contribution in [1.29, 1.82) is 0 Å². The summed E-state index contributed by atoms with van der Waals surface area (Å²) in [6.45, 7) is 5.05. The van der Waals surface area contributed by atoms with Gasteiger partial charge in [0, 0.05) is 42.0 Å². The average molecular weight is 338 g/mol. The predicted molar refractivity (Wildman–Crippen MR) is 97.6 cm³/mol. The van der Waals surface area contributed by atoms with E-state index in [1.54, 1.807) is 11.3 Å². The maximum atomic E-state index is 4.74. The topological polar surface area (TPSA) is 42.7 Å². The molecule has 0 bridgehead atoms. The molecule has 0 unspecified atom stereocenters. The van der Waals surface area contributed by atoms with Crippen molar-refractivity contribution >= 4 is 11.3 Å². The fourth-order valence-electron chi connectivity index (χ4n) is 2.91. The molecule has 0 saturated heterocycles. The van der Waals surface area contributed by atoms with Gasteiger partial charge in [-0.15, -0.1) is 11.3 Å². The van der Waals surface area contributed by atoms with Gasteiger partial charge in [-0.05, 0) is 44.4 Å². The molecule has 4 rings (SSSR count). The van der Waals surface area contributed by atoms with Gasteiger partial charge in [-0.1, -0.05) is 12.1 Å². The maximum absolute atomic E-state index is 4.74. The molecule has 2 aromatic heterocycles. The Hall–Kier alpha value is -1.98. The number of hydrogen-bond acceptors (Lipinski definition) is 4. The first-order chi connectivity index (χ1) is 11.7. The lowest BCUT2D eigenvalue weighted by atomic mass is 10.1. The molecule has 5 heteroatoms. The summed E-state index contributed by atoms with van der Waals surface area (Å²) in [7, 11) is 0. The molecule has 1 aliphatic rings. The van der Waals surface area contributed by atoms with E-state index < -0.39 is 0 Å². The van der Waals surface area contributed by atoms with Gasteiger partial charge in [-0.3, -0.25) is 0 Å². The van der Waals surface area contributed by atoms with Crippen LogP contribution in [0.2, 0.25) is 0 Å². The molecule has 124 valence electrons. The Morgan fingerprint density at radius 2 is 2.08 bits per heavy atom. The van der Waals surface area contributed by atoms with Crippen LogP contribution in [0.5, 0.6) is 0 Å². The highest BCUT2D eigenvalue weighted by Gasteiger charge is 2.25. The molecule has 24 heavy (non-hydrogen) atoms. The smallest absolute Gasteiger partial charge is 0.110 e. The van der Waals surface area contributed by atoms with Crippen molar-refractivity contribution in [2.45, 2.75) is 45.2 Å². The highest BCUT2D eigenvalue weighted by molar-refractivity contribution is 7.09. The van der Waals surface area contributed by atoms with Gasteiger partial charge in [0.05, 0.1) is 5.69 Å². The molecule has 0 spiro atoms.